The molecule has 20 heavy (non-hydrogen) atoms. The van der Waals surface area contributed by atoms with Gasteiger partial charge in [0, 0.05) is 32.2 Å². The van der Waals surface area contributed by atoms with Crippen LogP contribution in [0, 0.1) is 5.92 Å². The number of nitrogens with one attached hydrogen (secondary N) is 1. The van der Waals surface area contributed by atoms with Crippen molar-refractivity contribution in [3.63, 3.8) is 0 Å². The van der Waals surface area contributed by atoms with E-state index in [0.29, 0.717) is 38.1 Å². The molecule has 0 aromatic heterocycles. The number of hydrogen-bond donors (Lipinski definition) is 1. The van der Waals surface area contributed by atoms with Crippen molar-refractivity contribution in [3.8, 4) is 0 Å². The predicted octanol–water partition coefficient (Wildman–Crippen LogP) is 0.0242. The molecule has 0 radical (unpaired) electrons. The van der Waals surface area contributed by atoms with Gasteiger partial charge in [0.2, 0.25) is 0 Å². The summed E-state index contributed by atoms with van der Waals surface area (Å²) < 4.78 is 34.5. The normalized spacial score (nSPS) is 40.7. The van der Waals surface area contributed by atoms with Crippen molar-refractivity contribution in [1.29, 1.82) is 0 Å². The van der Waals surface area contributed by atoms with Crippen LogP contribution in [0.5, 0.6) is 0 Å². The Balaban J connectivity index is 1.72. The Hall–Kier alpha value is -0.210. The Kier molecular flexibility index (Phi) is 4.07. The highest BCUT2D eigenvalue weighted by atomic mass is 32.2. The summed E-state index contributed by atoms with van der Waals surface area (Å²) in [6, 6.07) is 0.342. The van der Waals surface area contributed by atoms with Crippen molar-refractivity contribution >= 4 is 10.2 Å². The first-order valence-electron chi connectivity index (χ1n) is 7.61. The second-order valence-corrected chi connectivity index (χ2v) is 8.29. The molecule has 3 fully saturated rings. The van der Waals surface area contributed by atoms with Gasteiger partial charge in [-0.3, -0.25) is 0 Å². The van der Waals surface area contributed by atoms with Crippen LogP contribution in [-0.4, -0.2) is 68.0 Å². The van der Waals surface area contributed by atoms with Crippen LogP contribution in [0.25, 0.3) is 0 Å². The maximum Gasteiger partial charge on any atom is 0.282 e. The number of hydrogen-bond acceptors (Lipinski definition) is 4. The molecule has 4 unspecified atom stereocenters. The first-order chi connectivity index (χ1) is 9.46. The third kappa shape index (κ3) is 2.74. The van der Waals surface area contributed by atoms with Crippen LogP contribution in [0.2, 0.25) is 0 Å². The molecule has 3 heterocycles. The summed E-state index contributed by atoms with van der Waals surface area (Å²) >= 11 is 0. The Bertz CT molecular complexity index is 432. The van der Waals surface area contributed by atoms with Gasteiger partial charge < -0.3 is 10.1 Å². The highest BCUT2D eigenvalue weighted by molar-refractivity contribution is 7.86. The van der Waals surface area contributed by atoms with Crippen LogP contribution in [0.1, 0.15) is 26.7 Å². The zero-order valence-corrected chi connectivity index (χ0v) is 13.1. The minimum absolute atomic E-state index is 0.0310. The Morgan fingerprint density at radius 3 is 2.35 bits per heavy atom. The van der Waals surface area contributed by atoms with Crippen LogP contribution in [0.3, 0.4) is 0 Å². The van der Waals surface area contributed by atoms with Crippen LogP contribution >= 0.6 is 0 Å². The van der Waals surface area contributed by atoms with Crippen molar-refractivity contribution < 1.29 is 13.2 Å². The molecule has 0 bridgehead atoms. The molecule has 7 heteroatoms. The highest BCUT2D eigenvalue weighted by Crippen LogP contribution is 2.28. The number of fused-ring (bicyclic) bond motifs is 1. The van der Waals surface area contributed by atoms with Crippen LogP contribution in [-0.2, 0) is 14.9 Å². The largest absolute Gasteiger partial charge is 0.373 e. The first kappa shape index (κ1) is 14.7. The summed E-state index contributed by atoms with van der Waals surface area (Å²) in [5.74, 6) is 0.481. The summed E-state index contributed by atoms with van der Waals surface area (Å²) in [5, 5.41) is 3.45. The molecule has 3 aliphatic rings. The van der Waals surface area contributed by atoms with Gasteiger partial charge in [-0.05, 0) is 39.2 Å². The number of ether oxygens (including phenoxy) is 1. The lowest BCUT2D eigenvalue weighted by Gasteiger charge is -2.36. The fraction of sp³-hybridized carbons (Fsp3) is 1.00. The summed E-state index contributed by atoms with van der Waals surface area (Å²) in [6.45, 7) is 7.10. The van der Waals surface area contributed by atoms with Gasteiger partial charge in [-0.25, -0.2) is 0 Å². The van der Waals surface area contributed by atoms with Crippen LogP contribution < -0.4 is 5.32 Å². The second-order valence-electron chi connectivity index (χ2n) is 6.36. The van der Waals surface area contributed by atoms with E-state index in [0.717, 1.165) is 19.4 Å². The molecule has 0 aliphatic carbocycles. The number of morpholine rings is 1. The molecule has 116 valence electrons. The van der Waals surface area contributed by atoms with Crippen LogP contribution in [0.4, 0.5) is 0 Å². The van der Waals surface area contributed by atoms with Gasteiger partial charge in [-0.15, -0.1) is 0 Å². The third-order valence-corrected chi connectivity index (χ3v) is 6.51. The Morgan fingerprint density at radius 1 is 1.05 bits per heavy atom. The maximum atomic E-state index is 12.8. The molecule has 4 atom stereocenters. The summed E-state index contributed by atoms with van der Waals surface area (Å²) in [6.07, 6.45) is 2.23. The summed E-state index contributed by atoms with van der Waals surface area (Å²) in [5.41, 5.74) is 0. The lowest BCUT2D eigenvalue weighted by atomic mass is 9.94. The van der Waals surface area contributed by atoms with Crippen molar-refractivity contribution in [3.05, 3.63) is 0 Å². The maximum absolute atomic E-state index is 12.8. The van der Waals surface area contributed by atoms with E-state index in [2.05, 4.69) is 5.32 Å². The monoisotopic (exact) mass is 303 g/mol. The third-order valence-electron chi connectivity index (χ3n) is 4.60. The summed E-state index contributed by atoms with van der Waals surface area (Å²) in [4.78, 5) is 0. The second kappa shape index (κ2) is 5.53. The number of piperidine rings is 1. The fourth-order valence-electron chi connectivity index (χ4n) is 3.68. The molecule has 3 saturated heterocycles. The van der Waals surface area contributed by atoms with E-state index in [-0.39, 0.29) is 12.2 Å². The van der Waals surface area contributed by atoms with E-state index in [4.69, 9.17) is 4.74 Å². The first-order valence-corrected chi connectivity index (χ1v) is 9.00. The van der Waals surface area contributed by atoms with E-state index in [1.165, 1.54) is 0 Å². The minimum Gasteiger partial charge on any atom is -0.373 e. The Morgan fingerprint density at radius 2 is 1.70 bits per heavy atom. The zero-order valence-electron chi connectivity index (χ0n) is 12.3. The molecule has 0 aromatic carbocycles. The zero-order chi connectivity index (χ0) is 14.3. The standard InChI is InChI=1S/C13H25N3O3S/c1-10-6-15(7-11(2)19-10)20(17,18)16-8-12-4-3-5-14-13(12)9-16/h10-14H,3-9H2,1-2H3. The molecule has 1 N–H and O–H groups in total. The summed E-state index contributed by atoms with van der Waals surface area (Å²) in [7, 11) is -3.34. The van der Waals surface area contributed by atoms with Gasteiger partial charge in [-0.1, -0.05) is 0 Å². The van der Waals surface area contributed by atoms with E-state index in [9.17, 15) is 8.42 Å². The molecule has 0 amide bonds. The molecule has 3 rings (SSSR count). The van der Waals surface area contributed by atoms with Gasteiger partial charge in [-0.2, -0.15) is 17.0 Å². The number of nitrogens with zero attached hydrogens (tertiary/aromatic N) is 2. The number of rotatable bonds is 2. The average molecular weight is 303 g/mol. The average Bonchev–Trinajstić information content (AvgIpc) is 2.82. The van der Waals surface area contributed by atoms with E-state index in [1.807, 2.05) is 13.8 Å². The molecule has 6 nitrogen and oxygen atoms in total. The van der Waals surface area contributed by atoms with E-state index in [1.54, 1.807) is 8.61 Å². The molecular weight excluding hydrogens is 278 g/mol. The van der Waals surface area contributed by atoms with Gasteiger partial charge in [0.25, 0.3) is 10.2 Å². The van der Waals surface area contributed by atoms with Gasteiger partial charge in [0.1, 0.15) is 0 Å². The molecular formula is C13H25N3O3S. The molecule has 0 spiro atoms. The van der Waals surface area contributed by atoms with Crippen LogP contribution in [0.15, 0.2) is 0 Å². The van der Waals surface area contributed by atoms with Gasteiger partial charge in [0.05, 0.1) is 12.2 Å². The predicted molar refractivity (Wildman–Crippen MR) is 76.6 cm³/mol. The van der Waals surface area contributed by atoms with Crippen molar-refractivity contribution in [1.82, 2.24) is 13.9 Å². The molecule has 0 saturated carbocycles. The lowest BCUT2D eigenvalue weighted by Crippen LogP contribution is -2.53. The van der Waals surface area contributed by atoms with E-state index < -0.39 is 10.2 Å². The van der Waals surface area contributed by atoms with Gasteiger partial charge in [0.15, 0.2) is 0 Å². The topological polar surface area (TPSA) is 61.9 Å². The van der Waals surface area contributed by atoms with Crippen molar-refractivity contribution in [2.45, 2.75) is 44.9 Å². The van der Waals surface area contributed by atoms with Crippen molar-refractivity contribution in [2.24, 2.45) is 5.92 Å². The smallest absolute Gasteiger partial charge is 0.282 e. The van der Waals surface area contributed by atoms with E-state index >= 15 is 0 Å². The fourth-order valence-corrected chi connectivity index (χ4v) is 5.53. The molecule has 0 aromatic rings. The lowest BCUT2D eigenvalue weighted by molar-refractivity contribution is -0.0453. The Labute approximate surface area is 121 Å². The highest BCUT2D eigenvalue weighted by Gasteiger charge is 2.43. The minimum atomic E-state index is -3.34. The quantitative estimate of drug-likeness (QED) is 0.781. The molecule has 3 aliphatic heterocycles. The SMILES string of the molecule is CC1CN(S(=O)(=O)N2CC3CCCNC3C2)CC(C)O1. The van der Waals surface area contributed by atoms with Crippen molar-refractivity contribution in [2.75, 3.05) is 32.7 Å². The van der Waals surface area contributed by atoms with Gasteiger partial charge >= 0.3 is 0 Å².